The van der Waals surface area contributed by atoms with Crippen LogP contribution in [-0.2, 0) is 19.9 Å². The maximum atomic E-state index is 12.6. The molecular formula is C17H27N3O5S2. The number of sulfonamides is 1. The number of nitrogens with one attached hydrogen (secondary N) is 1. The van der Waals surface area contributed by atoms with Crippen molar-refractivity contribution in [1.29, 1.82) is 0 Å². The highest BCUT2D eigenvalue weighted by molar-refractivity contribution is 7.90. The van der Waals surface area contributed by atoms with Crippen LogP contribution in [0.5, 0.6) is 0 Å². The van der Waals surface area contributed by atoms with Gasteiger partial charge in [0, 0.05) is 50.6 Å². The minimum Gasteiger partial charge on any atom is -0.336 e. The van der Waals surface area contributed by atoms with Gasteiger partial charge < -0.3 is 4.90 Å². The Kier molecular flexibility index (Phi) is 7.01. The van der Waals surface area contributed by atoms with Crippen molar-refractivity contribution >= 4 is 25.8 Å². The first kappa shape index (κ1) is 21.8. The van der Waals surface area contributed by atoms with Crippen LogP contribution in [0.4, 0.5) is 0 Å². The first-order chi connectivity index (χ1) is 12.5. The third-order valence-electron chi connectivity index (χ3n) is 4.24. The van der Waals surface area contributed by atoms with E-state index in [2.05, 4.69) is 4.72 Å². The summed E-state index contributed by atoms with van der Waals surface area (Å²) in [7, 11) is -6.58. The number of nitrogens with zero attached hydrogens (tertiary/aromatic N) is 2. The first-order valence-electron chi connectivity index (χ1n) is 8.80. The quantitative estimate of drug-likeness (QED) is 0.679. The number of sulfone groups is 1. The third-order valence-corrected chi connectivity index (χ3v) is 6.84. The van der Waals surface area contributed by atoms with Crippen LogP contribution in [0.3, 0.4) is 0 Å². The van der Waals surface area contributed by atoms with E-state index in [0.29, 0.717) is 38.3 Å². The second kappa shape index (κ2) is 8.68. The van der Waals surface area contributed by atoms with Crippen molar-refractivity contribution in [3.05, 3.63) is 29.8 Å². The fourth-order valence-electron chi connectivity index (χ4n) is 2.81. The number of rotatable bonds is 7. The molecule has 8 nitrogen and oxygen atoms in total. The lowest BCUT2D eigenvalue weighted by atomic mass is 10.2. The minimum absolute atomic E-state index is 0.112. The molecular weight excluding hydrogens is 390 g/mol. The molecule has 0 saturated carbocycles. The molecule has 1 aliphatic rings. The van der Waals surface area contributed by atoms with Gasteiger partial charge in [-0.3, -0.25) is 9.69 Å². The van der Waals surface area contributed by atoms with E-state index in [4.69, 9.17) is 0 Å². The monoisotopic (exact) mass is 417 g/mol. The van der Waals surface area contributed by atoms with E-state index in [9.17, 15) is 21.6 Å². The van der Waals surface area contributed by atoms with Gasteiger partial charge in [-0.05, 0) is 38.1 Å². The van der Waals surface area contributed by atoms with Gasteiger partial charge in [-0.15, -0.1) is 0 Å². The molecule has 1 N–H and O–H groups in total. The van der Waals surface area contributed by atoms with Gasteiger partial charge in [0.05, 0.1) is 10.6 Å². The summed E-state index contributed by atoms with van der Waals surface area (Å²) in [5, 5.41) is 0. The van der Waals surface area contributed by atoms with Gasteiger partial charge in [0.2, 0.25) is 10.0 Å². The lowest BCUT2D eigenvalue weighted by Gasteiger charge is -2.34. The lowest BCUT2D eigenvalue weighted by molar-refractivity contribution is 0.0644. The highest BCUT2D eigenvalue weighted by atomic mass is 32.2. The molecule has 1 aromatic rings. The molecule has 0 aliphatic carbocycles. The van der Waals surface area contributed by atoms with Gasteiger partial charge >= 0.3 is 0 Å². The van der Waals surface area contributed by atoms with E-state index in [0.717, 1.165) is 0 Å². The van der Waals surface area contributed by atoms with Crippen LogP contribution in [0.2, 0.25) is 0 Å². The molecule has 10 heteroatoms. The Hall–Kier alpha value is -1.49. The Morgan fingerprint density at radius 1 is 1.04 bits per heavy atom. The van der Waals surface area contributed by atoms with Gasteiger partial charge in [-0.2, -0.15) is 0 Å². The van der Waals surface area contributed by atoms with Crippen LogP contribution in [0, 0.1) is 0 Å². The summed E-state index contributed by atoms with van der Waals surface area (Å²) in [6, 6.07) is 5.69. The van der Waals surface area contributed by atoms with E-state index >= 15 is 0 Å². The Morgan fingerprint density at radius 3 is 2.07 bits per heavy atom. The van der Waals surface area contributed by atoms with Gasteiger partial charge in [0.25, 0.3) is 5.91 Å². The van der Waals surface area contributed by atoms with Crippen LogP contribution >= 0.6 is 0 Å². The molecule has 1 heterocycles. The molecule has 1 aliphatic heterocycles. The number of carbonyl (C=O) groups excluding carboxylic acids is 1. The highest BCUT2D eigenvalue weighted by Crippen LogP contribution is 2.14. The summed E-state index contributed by atoms with van der Waals surface area (Å²) in [4.78, 5) is 16.5. The second-order valence-corrected chi connectivity index (χ2v) is 11.0. The molecule has 0 unspecified atom stereocenters. The number of benzene rings is 1. The van der Waals surface area contributed by atoms with Crippen molar-refractivity contribution in [2.24, 2.45) is 0 Å². The van der Waals surface area contributed by atoms with Crippen LogP contribution < -0.4 is 4.72 Å². The van der Waals surface area contributed by atoms with Crippen molar-refractivity contribution < 1.29 is 21.6 Å². The first-order valence-corrected chi connectivity index (χ1v) is 12.3. The average Bonchev–Trinajstić information content (AvgIpc) is 2.58. The predicted octanol–water partition coefficient (Wildman–Crippen LogP) is 0.176. The normalized spacial score (nSPS) is 16.7. The van der Waals surface area contributed by atoms with Gasteiger partial charge in [0.1, 0.15) is 9.84 Å². The Bertz CT molecular complexity index is 856. The maximum Gasteiger partial charge on any atom is 0.253 e. The molecule has 0 radical (unpaired) electrons. The van der Waals surface area contributed by atoms with Gasteiger partial charge in [-0.25, -0.2) is 21.6 Å². The summed E-state index contributed by atoms with van der Waals surface area (Å²) in [5.41, 5.74) is 0.433. The van der Waals surface area contributed by atoms with Crippen molar-refractivity contribution in [2.45, 2.75) is 24.8 Å². The molecule has 2 rings (SSSR count). The second-order valence-electron chi connectivity index (χ2n) is 7.06. The van der Waals surface area contributed by atoms with Crippen molar-refractivity contribution in [3.63, 3.8) is 0 Å². The molecule has 152 valence electrons. The van der Waals surface area contributed by atoms with E-state index in [-0.39, 0.29) is 22.6 Å². The third kappa shape index (κ3) is 6.56. The van der Waals surface area contributed by atoms with E-state index in [1.54, 1.807) is 18.7 Å². The number of piperazine rings is 1. The maximum absolute atomic E-state index is 12.6. The molecule has 1 saturated heterocycles. The van der Waals surface area contributed by atoms with Crippen molar-refractivity contribution in [1.82, 2.24) is 14.5 Å². The summed E-state index contributed by atoms with van der Waals surface area (Å²) in [6.07, 6.45) is 1.22. The molecule has 0 bridgehead atoms. The molecule has 0 atom stereocenters. The molecule has 1 fully saturated rings. The fourth-order valence-corrected chi connectivity index (χ4v) is 4.65. The van der Waals surface area contributed by atoms with E-state index in [1.165, 1.54) is 30.5 Å². The zero-order valence-electron chi connectivity index (χ0n) is 15.9. The zero-order chi connectivity index (χ0) is 20.2. The van der Waals surface area contributed by atoms with Crippen LogP contribution in [0.1, 0.15) is 24.2 Å². The number of carbonyl (C=O) groups is 1. The van der Waals surface area contributed by atoms with E-state index < -0.39 is 19.9 Å². The summed E-state index contributed by atoms with van der Waals surface area (Å²) in [5.74, 6) is -0.0417. The molecule has 1 amide bonds. The SMILES string of the molecule is CC(C)NS(=O)(=O)c1ccc(C(=O)N2CCN(CCS(C)(=O)=O)CC2)cc1. The van der Waals surface area contributed by atoms with Crippen molar-refractivity contribution in [3.8, 4) is 0 Å². The Balaban J connectivity index is 1.95. The predicted molar refractivity (Wildman–Crippen MR) is 104 cm³/mol. The fraction of sp³-hybridized carbons (Fsp3) is 0.588. The molecule has 1 aromatic carbocycles. The van der Waals surface area contributed by atoms with E-state index in [1.807, 2.05) is 4.90 Å². The van der Waals surface area contributed by atoms with Crippen LogP contribution in [0.25, 0.3) is 0 Å². The smallest absolute Gasteiger partial charge is 0.253 e. The minimum atomic E-state index is -3.58. The van der Waals surface area contributed by atoms with Crippen LogP contribution in [-0.4, -0.2) is 83.3 Å². The lowest BCUT2D eigenvalue weighted by Crippen LogP contribution is -2.49. The largest absolute Gasteiger partial charge is 0.336 e. The summed E-state index contributed by atoms with van der Waals surface area (Å²) >= 11 is 0. The average molecular weight is 418 g/mol. The number of hydrogen-bond donors (Lipinski definition) is 1. The highest BCUT2D eigenvalue weighted by Gasteiger charge is 2.23. The van der Waals surface area contributed by atoms with Gasteiger partial charge in [-0.1, -0.05) is 0 Å². The standard InChI is InChI=1S/C17H27N3O5S2/c1-14(2)18-27(24,25)16-6-4-15(5-7-16)17(21)20-10-8-19(9-11-20)12-13-26(3,22)23/h4-7,14,18H,8-13H2,1-3H3. The number of hydrogen-bond acceptors (Lipinski definition) is 6. The van der Waals surface area contributed by atoms with Crippen molar-refractivity contribution in [2.75, 3.05) is 44.7 Å². The summed E-state index contributed by atoms with van der Waals surface area (Å²) < 4.78 is 49.3. The van der Waals surface area contributed by atoms with Crippen LogP contribution in [0.15, 0.2) is 29.2 Å². The number of amides is 1. The zero-order valence-corrected chi connectivity index (χ0v) is 17.5. The summed E-state index contributed by atoms with van der Waals surface area (Å²) in [6.45, 7) is 6.21. The Morgan fingerprint density at radius 2 is 1.59 bits per heavy atom. The molecule has 0 aromatic heterocycles. The topological polar surface area (TPSA) is 104 Å². The van der Waals surface area contributed by atoms with Gasteiger partial charge in [0.15, 0.2) is 0 Å². The Labute approximate surface area is 161 Å². The molecule has 0 spiro atoms. The molecule has 27 heavy (non-hydrogen) atoms.